The predicted octanol–water partition coefficient (Wildman–Crippen LogP) is 4.47. The van der Waals surface area contributed by atoms with E-state index >= 15 is 0 Å². The summed E-state index contributed by atoms with van der Waals surface area (Å²) < 4.78 is 6.55. The first kappa shape index (κ1) is 15.6. The Morgan fingerprint density at radius 1 is 1.19 bits per heavy atom. The van der Waals surface area contributed by atoms with Gasteiger partial charge < -0.3 is 10.1 Å². The van der Waals surface area contributed by atoms with Crippen LogP contribution in [0.5, 0.6) is 5.75 Å². The highest BCUT2D eigenvalue weighted by atomic mass is 79.9. The summed E-state index contributed by atoms with van der Waals surface area (Å²) in [5.41, 5.74) is 3.06. The number of anilines is 1. The molecule has 2 aromatic rings. The second kappa shape index (κ2) is 7.27. The molecular formula is C17H18BrNO2. The third-order valence-electron chi connectivity index (χ3n) is 3.04. The topological polar surface area (TPSA) is 38.3 Å². The molecule has 4 heteroatoms. The molecule has 0 fully saturated rings. The van der Waals surface area contributed by atoms with Crippen molar-refractivity contribution in [3.63, 3.8) is 0 Å². The van der Waals surface area contributed by atoms with E-state index in [0.29, 0.717) is 13.0 Å². The van der Waals surface area contributed by atoms with Crippen LogP contribution in [-0.4, -0.2) is 12.5 Å². The third kappa shape index (κ3) is 4.90. The van der Waals surface area contributed by atoms with Gasteiger partial charge >= 0.3 is 0 Å². The van der Waals surface area contributed by atoms with Crippen molar-refractivity contribution in [3.05, 3.63) is 58.1 Å². The zero-order valence-electron chi connectivity index (χ0n) is 12.2. The lowest BCUT2D eigenvalue weighted by molar-refractivity contribution is -0.116. The molecule has 0 bridgehead atoms. The highest BCUT2D eigenvalue weighted by Gasteiger charge is 2.04. The molecule has 0 aliphatic rings. The smallest absolute Gasteiger partial charge is 0.227 e. The summed E-state index contributed by atoms with van der Waals surface area (Å²) in [6.45, 7) is 4.38. The Morgan fingerprint density at radius 2 is 2.00 bits per heavy atom. The monoisotopic (exact) mass is 347 g/mol. The van der Waals surface area contributed by atoms with E-state index in [0.717, 1.165) is 27.0 Å². The first-order valence-electron chi connectivity index (χ1n) is 6.80. The lowest BCUT2D eigenvalue weighted by atomic mass is 10.2. The number of amides is 1. The summed E-state index contributed by atoms with van der Waals surface area (Å²) in [4.78, 5) is 11.9. The van der Waals surface area contributed by atoms with E-state index in [2.05, 4.69) is 21.2 Å². The van der Waals surface area contributed by atoms with Crippen molar-refractivity contribution in [2.24, 2.45) is 0 Å². The first-order valence-corrected chi connectivity index (χ1v) is 7.59. The van der Waals surface area contributed by atoms with Gasteiger partial charge in [-0.25, -0.2) is 0 Å². The number of benzene rings is 2. The number of hydrogen-bond donors (Lipinski definition) is 1. The molecule has 1 N–H and O–H groups in total. The number of carbonyl (C=O) groups excluding carboxylic acids is 1. The van der Waals surface area contributed by atoms with Crippen LogP contribution in [0.4, 0.5) is 5.69 Å². The lowest BCUT2D eigenvalue weighted by Crippen LogP contribution is -2.15. The summed E-state index contributed by atoms with van der Waals surface area (Å²) in [5.74, 6) is 0.735. The standard InChI is InChI=1S/C17H18BrNO2/c1-12-4-3-5-15(10-12)21-9-8-17(20)19-14-7-6-13(2)16(18)11-14/h3-7,10-11H,8-9H2,1-2H3,(H,19,20). The normalized spacial score (nSPS) is 10.2. The van der Waals surface area contributed by atoms with Crippen molar-refractivity contribution < 1.29 is 9.53 Å². The number of halogens is 1. The number of rotatable bonds is 5. The van der Waals surface area contributed by atoms with Gasteiger partial charge in [-0.15, -0.1) is 0 Å². The number of ether oxygens (including phenoxy) is 1. The summed E-state index contributed by atoms with van der Waals surface area (Å²) >= 11 is 3.45. The maximum Gasteiger partial charge on any atom is 0.227 e. The molecule has 0 aliphatic heterocycles. The Bertz CT molecular complexity index is 640. The molecule has 0 saturated heterocycles. The van der Waals surface area contributed by atoms with Crippen LogP contribution in [-0.2, 0) is 4.79 Å². The summed E-state index contributed by atoms with van der Waals surface area (Å²) in [6, 6.07) is 13.5. The fourth-order valence-corrected chi connectivity index (χ4v) is 2.24. The highest BCUT2D eigenvalue weighted by molar-refractivity contribution is 9.10. The number of aryl methyl sites for hydroxylation is 2. The van der Waals surface area contributed by atoms with Gasteiger partial charge in [0.2, 0.25) is 5.91 Å². The zero-order chi connectivity index (χ0) is 15.2. The quantitative estimate of drug-likeness (QED) is 0.866. The van der Waals surface area contributed by atoms with Crippen LogP contribution >= 0.6 is 15.9 Å². The molecule has 0 unspecified atom stereocenters. The van der Waals surface area contributed by atoms with Crippen LogP contribution in [0.2, 0.25) is 0 Å². The Morgan fingerprint density at radius 3 is 2.71 bits per heavy atom. The van der Waals surface area contributed by atoms with Gasteiger partial charge in [0, 0.05) is 10.2 Å². The fourth-order valence-electron chi connectivity index (χ4n) is 1.86. The molecule has 0 atom stereocenters. The van der Waals surface area contributed by atoms with Gasteiger partial charge in [-0.1, -0.05) is 34.1 Å². The maximum absolute atomic E-state index is 11.9. The van der Waals surface area contributed by atoms with E-state index in [1.54, 1.807) is 0 Å². The zero-order valence-corrected chi connectivity index (χ0v) is 13.7. The lowest BCUT2D eigenvalue weighted by Gasteiger charge is -2.08. The molecule has 1 amide bonds. The summed E-state index contributed by atoms with van der Waals surface area (Å²) in [5, 5.41) is 2.86. The van der Waals surface area contributed by atoms with E-state index in [-0.39, 0.29) is 5.91 Å². The minimum atomic E-state index is -0.0570. The molecule has 2 rings (SSSR count). The van der Waals surface area contributed by atoms with Crippen molar-refractivity contribution in [1.29, 1.82) is 0 Å². The molecule has 21 heavy (non-hydrogen) atoms. The molecule has 3 nitrogen and oxygen atoms in total. The van der Waals surface area contributed by atoms with Crippen molar-refractivity contribution in [3.8, 4) is 5.75 Å². The average molecular weight is 348 g/mol. The average Bonchev–Trinajstić information content (AvgIpc) is 2.43. The molecule has 0 aromatic heterocycles. The van der Waals surface area contributed by atoms with Gasteiger partial charge in [-0.3, -0.25) is 4.79 Å². The van der Waals surface area contributed by atoms with Crippen LogP contribution in [0, 0.1) is 13.8 Å². The first-order chi connectivity index (χ1) is 10.0. The number of hydrogen-bond acceptors (Lipinski definition) is 2. The van der Waals surface area contributed by atoms with Crippen LogP contribution in [0.15, 0.2) is 46.9 Å². The largest absolute Gasteiger partial charge is 0.493 e. The van der Waals surface area contributed by atoms with Gasteiger partial charge in [0.15, 0.2) is 0 Å². The molecular weight excluding hydrogens is 330 g/mol. The van der Waals surface area contributed by atoms with Gasteiger partial charge in [0.1, 0.15) is 5.75 Å². The van der Waals surface area contributed by atoms with Crippen LogP contribution < -0.4 is 10.1 Å². The Kier molecular flexibility index (Phi) is 5.39. The van der Waals surface area contributed by atoms with E-state index < -0.39 is 0 Å². The van der Waals surface area contributed by atoms with E-state index in [1.165, 1.54) is 0 Å². The maximum atomic E-state index is 11.9. The predicted molar refractivity (Wildman–Crippen MR) is 88.8 cm³/mol. The summed E-state index contributed by atoms with van der Waals surface area (Å²) in [7, 11) is 0. The van der Waals surface area contributed by atoms with Crippen LogP contribution in [0.3, 0.4) is 0 Å². The Balaban J connectivity index is 1.81. The van der Waals surface area contributed by atoms with Crippen LogP contribution in [0.25, 0.3) is 0 Å². The van der Waals surface area contributed by atoms with E-state index in [1.807, 2.05) is 56.3 Å². The molecule has 0 spiro atoms. The molecule has 0 heterocycles. The molecule has 2 aromatic carbocycles. The summed E-state index contributed by atoms with van der Waals surface area (Å²) in [6.07, 6.45) is 0.319. The van der Waals surface area contributed by atoms with E-state index in [4.69, 9.17) is 4.74 Å². The SMILES string of the molecule is Cc1cccc(OCCC(=O)Nc2ccc(C)c(Br)c2)c1. The van der Waals surface area contributed by atoms with Gasteiger partial charge in [-0.05, 0) is 49.2 Å². The van der Waals surface area contributed by atoms with Crippen molar-refractivity contribution in [2.45, 2.75) is 20.3 Å². The highest BCUT2D eigenvalue weighted by Crippen LogP contribution is 2.20. The van der Waals surface area contributed by atoms with Crippen molar-refractivity contribution in [2.75, 3.05) is 11.9 Å². The van der Waals surface area contributed by atoms with Gasteiger partial charge in [0.05, 0.1) is 13.0 Å². The van der Waals surface area contributed by atoms with Crippen molar-refractivity contribution >= 4 is 27.5 Å². The fraction of sp³-hybridized carbons (Fsp3) is 0.235. The van der Waals surface area contributed by atoms with Crippen molar-refractivity contribution in [1.82, 2.24) is 0 Å². The van der Waals surface area contributed by atoms with Gasteiger partial charge in [-0.2, -0.15) is 0 Å². The van der Waals surface area contributed by atoms with E-state index in [9.17, 15) is 4.79 Å². The van der Waals surface area contributed by atoms with Crippen LogP contribution in [0.1, 0.15) is 17.5 Å². The minimum Gasteiger partial charge on any atom is -0.493 e. The second-order valence-electron chi connectivity index (χ2n) is 4.93. The molecule has 0 aliphatic carbocycles. The molecule has 0 saturated carbocycles. The second-order valence-corrected chi connectivity index (χ2v) is 5.78. The molecule has 0 radical (unpaired) electrons. The minimum absolute atomic E-state index is 0.0570. The molecule has 110 valence electrons. The van der Waals surface area contributed by atoms with Gasteiger partial charge in [0.25, 0.3) is 0 Å². The third-order valence-corrected chi connectivity index (χ3v) is 3.90. The Hall–Kier alpha value is -1.81. The number of carbonyl (C=O) groups is 1. The number of nitrogens with one attached hydrogen (secondary N) is 1. The Labute approximate surface area is 133 Å².